The number of halogens is 2. The quantitative estimate of drug-likeness (QED) is 0.661. The zero-order chi connectivity index (χ0) is 14.8. The lowest BCUT2D eigenvalue weighted by molar-refractivity contribution is -0.139. The third kappa shape index (κ3) is 7.81. The molecule has 0 radical (unpaired) electrons. The molecule has 0 bridgehead atoms. The number of aldehydes is 1. The van der Waals surface area contributed by atoms with E-state index in [0.717, 1.165) is 0 Å². The Morgan fingerprint density at radius 1 is 1.53 bits per heavy atom. The summed E-state index contributed by atoms with van der Waals surface area (Å²) in [6, 6.07) is 3.26. The summed E-state index contributed by atoms with van der Waals surface area (Å²) < 4.78 is 4.70. The van der Waals surface area contributed by atoms with Crippen LogP contribution >= 0.6 is 34.5 Å². The molecule has 0 aromatic carbocycles. The van der Waals surface area contributed by atoms with Crippen LogP contribution in [0, 0.1) is 0 Å². The Bertz CT molecular complexity index is 432. The van der Waals surface area contributed by atoms with Gasteiger partial charge in [0.15, 0.2) is 0 Å². The van der Waals surface area contributed by atoms with E-state index in [2.05, 4.69) is 4.74 Å². The van der Waals surface area contributed by atoms with Crippen molar-refractivity contribution in [3.63, 3.8) is 0 Å². The van der Waals surface area contributed by atoms with E-state index in [1.54, 1.807) is 19.1 Å². The molecule has 0 aliphatic heterocycles. The van der Waals surface area contributed by atoms with Gasteiger partial charge in [-0.25, -0.2) is 4.79 Å². The van der Waals surface area contributed by atoms with Crippen molar-refractivity contribution in [3.05, 3.63) is 21.3 Å². The van der Waals surface area contributed by atoms with Crippen LogP contribution in [0.4, 0.5) is 4.79 Å². The van der Waals surface area contributed by atoms with Gasteiger partial charge in [-0.05, 0) is 19.1 Å². The summed E-state index contributed by atoms with van der Waals surface area (Å²) >= 11 is 11.6. The van der Waals surface area contributed by atoms with Crippen LogP contribution in [-0.4, -0.2) is 29.4 Å². The van der Waals surface area contributed by atoms with Gasteiger partial charge in [0.25, 0.3) is 0 Å². The summed E-state index contributed by atoms with van der Waals surface area (Å²) in [5, 5.41) is 8.77. The first kappa shape index (κ1) is 17.9. The van der Waals surface area contributed by atoms with Gasteiger partial charge in [-0.1, -0.05) is 11.6 Å². The molecule has 1 N–H and O–H groups in total. The van der Waals surface area contributed by atoms with Gasteiger partial charge in [-0.3, -0.25) is 4.79 Å². The summed E-state index contributed by atoms with van der Waals surface area (Å²) in [5.41, 5.74) is -0.738. The molecule has 8 heteroatoms. The number of hydrogen-bond donors (Lipinski definition) is 1. The topological polar surface area (TPSA) is 80.7 Å². The van der Waals surface area contributed by atoms with E-state index in [4.69, 9.17) is 28.3 Å². The number of hydrogen-bond acceptors (Lipinski definition) is 5. The van der Waals surface area contributed by atoms with E-state index < -0.39 is 17.3 Å². The fourth-order valence-corrected chi connectivity index (χ4v) is 2.34. The molecule has 1 heterocycles. The third-order valence-electron chi connectivity index (χ3n) is 1.83. The van der Waals surface area contributed by atoms with E-state index in [9.17, 15) is 14.4 Å². The van der Waals surface area contributed by atoms with Gasteiger partial charge in [0.2, 0.25) is 0 Å². The number of thiophene rings is 1. The number of carboxylic acids is 1. The van der Waals surface area contributed by atoms with Gasteiger partial charge in [0.1, 0.15) is 6.29 Å². The molecule has 19 heavy (non-hydrogen) atoms. The summed E-state index contributed by atoms with van der Waals surface area (Å²) in [7, 11) is 0. The average molecular weight is 327 g/mol. The summed E-state index contributed by atoms with van der Waals surface area (Å²) in [6.45, 7) is 2.04. The van der Waals surface area contributed by atoms with Crippen LogP contribution < -0.4 is 0 Å². The fourth-order valence-electron chi connectivity index (χ4n) is 1.06. The molecule has 1 atom stereocenters. The average Bonchev–Trinajstić information content (AvgIpc) is 2.72. The molecule has 1 unspecified atom stereocenters. The summed E-state index contributed by atoms with van der Waals surface area (Å²) in [4.78, 5) is 31.1. The van der Waals surface area contributed by atoms with Crippen molar-refractivity contribution in [2.24, 2.45) is 0 Å². The van der Waals surface area contributed by atoms with Gasteiger partial charge >= 0.3 is 11.4 Å². The first-order valence-corrected chi connectivity index (χ1v) is 6.73. The minimum Gasteiger partial charge on any atom is -0.481 e. The molecule has 0 fully saturated rings. The molecule has 0 amide bonds. The van der Waals surface area contributed by atoms with Gasteiger partial charge in [0.05, 0.1) is 16.9 Å². The number of ether oxygens (including phenoxy) is 1. The Labute approximate surface area is 124 Å². The van der Waals surface area contributed by atoms with Gasteiger partial charge in [-0.15, -0.1) is 11.3 Å². The lowest BCUT2D eigenvalue weighted by Crippen LogP contribution is -2.10. The Hall–Kier alpha value is -1.11. The Kier molecular flexibility index (Phi) is 9.20. The highest BCUT2D eigenvalue weighted by molar-refractivity contribution is 7.16. The van der Waals surface area contributed by atoms with Crippen molar-refractivity contribution < 1.29 is 24.2 Å². The van der Waals surface area contributed by atoms with Gasteiger partial charge in [-0.2, -0.15) is 0 Å². The van der Waals surface area contributed by atoms with E-state index in [1.165, 1.54) is 11.3 Å². The molecular formula is C11H12Cl2O5S. The smallest absolute Gasteiger partial charge is 0.403 e. The maximum atomic E-state index is 10.7. The summed E-state index contributed by atoms with van der Waals surface area (Å²) in [6.07, 6.45) is 0.596. The number of carbonyl (C=O) groups is 3. The number of carboxylic acid groups (broad SMARTS) is 1. The predicted molar refractivity (Wildman–Crippen MR) is 73.3 cm³/mol. The molecule has 1 aromatic rings. The Morgan fingerprint density at radius 2 is 2.16 bits per heavy atom. The van der Waals surface area contributed by atoms with Crippen molar-refractivity contribution in [1.29, 1.82) is 0 Å². The number of carbonyl (C=O) groups excluding carboxylic acids is 2. The molecule has 0 aliphatic carbocycles. The van der Waals surface area contributed by atoms with Crippen LogP contribution in [0.5, 0.6) is 0 Å². The molecule has 0 spiro atoms. The van der Waals surface area contributed by atoms with E-state index in [-0.39, 0.29) is 6.42 Å². The van der Waals surface area contributed by atoms with Crippen LogP contribution in [0.3, 0.4) is 0 Å². The maximum Gasteiger partial charge on any atom is 0.403 e. The normalized spacial score (nSPS) is 10.9. The molecule has 1 rings (SSSR count). The maximum absolute atomic E-state index is 10.7. The molecule has 0 aliphatic rings. The minimum atomic E-state index is -0.995. The van der Waals surface area contributed by atoms with Crippen molar-refractivity contribution in [1.82, 2.24) is 0 Å². The van der Waals surface area contributed by atoms with Crippen LogP contribution in [0.2, 0.25) is 4.34 Å². The van der Waals surface area contributed by atoms with E-state index in [0.29, 0.717) is 22.1 Å². The van der Waals surface area contributed by atoms with Crippen LogP contribution in [0.1, 0.15) is 24.1 Å². The highest BCUT2D eigenvalue weighted by Gasteiger charge is 2.20. The Morgan fingerprint density at radius 3 is 2.42 bits per heavy atom. The van der Waals surface area contributed by atoms with E-state index >= 15 is 0 Å². The Balaban J connectivity index is 0.000000459. The number of rotatable bonds is 5. The lowest BCUT2D eigenvalue weighted by atomic mass is 10.1. The second-order valence-corrected chi connectivity index (χ2v) is 5.16. The third-order valence-corrected chi connectivity index (χ3v) is 3.28. The molecule has 5 nitrogen and oxygen atoms in total. The molecule has 0 saturated carbocycles. The molecule has 106 valence electrons. The highest BCUT2D eigenvalue weighted by atomic mass is 35.5. The van der Waals surface area contributed by atoms with Crippen molar-refractivity contribution in [3.8, 4) is 0 Å². The zero-order valence-electron chi connectivity index (χ0n) is 9.97. The molecule has 0 saturated heterocycles. The monoisotopic (exact) mass is 326 g/mol. The number of aliphatic carboxylic acids is 1. The fraction of sp³-hybridized carbons (Fsp3) is 0.364. The van der Waals surface area contributed by atoms with Crippen molar-refractivity contribution in [2.45, 2.75) is 19.3 Å². The standard InChI is InChI=1S/C8H7ClO3S.C3H5ClO2/c9-7-2-1-6(13-7)5(3-4-10)8(11)12;1-2-6-3(4)5/h1-2,4-5H,3H2,(H,11,12);2H2,1H3. The van der Waals surface area contributed by atoms with Crippen molar-refractivity contribution in [2.75, 3.05) is 6.61 Å². The predicted octanol–water partition coefficient (Wildman–Crippen LogP) is 3.54. The van der Waals surface area contributed by atoms with Crippen LogP contribution in [-0.2, 0) is 14.3 Å². The minimum absolute atomic E-state index is 0.00776. The van der Waals surface area contributed by atoms with Crippen molar-refractivity contribution >= 4 is 52.2 Å². The van der Waals surface area contributed by atoms with Gasteiger partial charge in [0, 0.05) is 22.9 Å². The highest BCUT2D eigenvalue weighted by Crippen LogP contribution is 2.29. The second kappa shape index (κ2) is 9.77. The first-order chi connectivity index (χ1) is 8.92. The SMILES string of the molecule is CCOC(=O)Cl.O=CCC(C(=O)O)c1ccc(Cl)s1. The molecule has 1 aromatic heterocycles. The zero-order valence-corrected chi connectivity index (χ0v) is 12.3. The van der Waals surface area contributed by atoms with E-state index in [1.807, 2.05) is 0 Å². The van der Waals surface area contributed by atoms with Gasteiger partial charge < -0.3 is 14.6 Å². The largest absolute Gasteiger partial charge is 0.481 e. The second-order valence-electron chi connectivity index (χ2n) is 3.11. The lowest BCUT2D eigenvalue weighted by Gasteiger charge is -2.04. The van der Waals surface area contributed by atoms with Crippen LogP contribution in [0.15, 0.2) is 12.1 Å². The first-order valence-electron chi connectivity index (χ1n) is 5.16. The van der Waals surface area contributed by atoms with Crippen LogP contribution in [0.25, 0.3) is 0 Å². The molecular weight excluding hydrogens is 315 g/mol. The summed E-state index contributed by atoms with van der Waals surface area (Å²) in [5.74, 6) is -1.75.